The lowest BCUT2D eigenvalue weighted by Crippen LogP contribution is -2.45. The van der Waals surface area contributed by atoms with E-state index in [4.69, 9.17) is 0 Å². The molecule has 1 N–H and O–H groups in total. The van der Waals surface area contributed by atoms with Crippen LogP contribution in [0.3, 0.4) is 0 Å². The zero-order valence-electron chi connectivity index (χ0n) is 21.7. The van der Waals surface area contributed by atoms with Crippen LogP contribution in [0.15, 0.2) is 89.8 Å². The van der Waals surface area contributed by atoms with E-state index in [1.165, 1.54) is 29.5 Å². The van der Waals surface area contributed by atoms with Crippen molar-refractivity contribution in [1.29, 1.82) is 0 Å². The van der Waals surface area contributed by atoms with Gasteiger partial charge in [-0.15, -0.1) is 0 Å². The molecule has 1 fully saturated rings. The third-order valence-corrected chi connectivity index (χ3v) is 8.99. The number of nitrogens with one attached hydrogen (secondary N) is 1. The molecule has 0 spiro atoms. The standard InChI is InChI=1S/C30H37N3O3S/c1-32(2)37(35,36)28-15-13-24(14-16-28)23-30(34)31-27-17-20-33(21-18-27)22-19-29(25-9-5-3-6-10-25)26-11-7-4-8-12-26/h3-16,27,29H,17-23H2,1-2H3,(H,31,34). The number of carbonyl (C=O) groups excluding carboxylic acids is 1. The number of rotatable bonds is 10. The number of amides is 1. The summed E-state index contributed by atoms with van der Waals surface area (Å²) in [5.41, 5.74) is 3.51. The van der Waals surface area contributed by atoms with Crippen LogP contribution in [-0.2, 0) is 21.2 Å². The summed E-state index contributed by atoms with van der Waals surface area (Å²) in [6.07, 6.45) is 3.18. The lowest BCUT2D eigenvalue weighted by atomic mass is 9.88. The SMILES string of the molecule is CN(C)S(=O)(=O)c1ccc(CC(=O)NC2CCN(CCC(c3ccccc3)c3ccccc3)CC2)cc1. The van der Waals surface area contributed by atoms with Crippen LogP contribution in [0.1, 0.15) is 41.9 Å². The van der Waals surface area contributed by atoms with Gasteiger partial charge in [0, 0.05) is 39.1 Å². The van der Waals surface area contributed by atoms with Crippen LogP contribution >= 0.6 is 0 Å². The molecule has 1 aliphatic rings. The molecular formula is C30H37N3O3S. The molecule has 1 amide bonds. The molecule has 4 rings (SSSR count). The van der Waals surface area contributed by atoms with Crippen molar-refractivity contribution in [2.75, 3.05) is 33.7 Å². The molecule has 0 aliphatic carbocycles. The second-order valence-electron chi connectivity index (χ2n) is 9.95. The summed E-state index contributed by atoms with van der Waals surface area (Å²) in [6.45, 7) is 2.97. The van der Waals surface area contributed by atoms with Crippen molar-refractivity contribution >= 4 is 15.9 Å². The van der Waals surface area contributed by atoms with Gasteiger partial charge in [0.25, 0.3) is 0 Å². The Hall–Kier alpha value is -3.00. The van der Waals surface area contributed by atoms with Crippen LogP contribution in [0.25, 0.3) is 0 Å². The quantitative estimate of drug-likeness (QED) is 0.434. The van der Waals surface area contributed by atoms with Gasteiger partial charge < -0.3 is 10.2 Å². The number of hydrogen-bond acceptors (Lipinski definition) is 4. The van der Waals surface area contributed by atoms with E-state index >= 15 is 0 Å². The van der Waals surface area contributed by atoms with Gasteiger partial charge in [-0.1, -0.05) is 72.8 Å². The van der Waals surface area contributed by atoms with Crippen molar-refractivity contribution in [3.05, 3.63) is 102 Å². The molecule has 6 nitrogen and oxygen atoms in total. The second-order valence-corrected chi connectivity index (χ2v) is 12.1. The first-order chi connectivity index (χ1) is 17.8. The Morgan fingerprint density at radius 2 is 1.43 bits per heavy atom. The van der Waals surface area contributed by atoms with Crippen LogP contribution in [0.5, 0.6) is 0 Å². The largest absolute Gasteiger partial charge is 0.353 e. The highest BCUT2D eigenvalue weighted by atomic mass is 32.2. The molecule has 0 saturated carbocycles. The maximum Gasteiger partial charge on any atom is 0.242 e. The Kier molecular flexibility index (Phi) is 9.14. The molecule has 1 saturated heterocycles. The monoisotopic (exact) mass is 519 g/mol. The topological polar surface area (TPSA) is 69.7 Å². The number of benzene rings is 3. The minimum atomic E-state index is -3.46. The van der Waals surface area contributed by atoms with Gasteiger partial charge in [-0.2, -0.15) is 0 Å². The summed E-state index contributed by atoms with van der Waals surface area (Å²) in [6, 6.07) is 28.2. The summed E-state index contributed by atoms with van der Waals surface area (Å²) in [5.74, 6) is 0.355. The van der Waals surface area contributed by atoms with Gasteiger partial charge in [0.15, 0.2) is 0 Å². The molecule has 0 unspecified atom stereocenters. The normalized spacial score (nSPS) is 15.2. The number of nitrogens with zero attached hydrogens (tertiary/aromatic N) is 2. The Balaban J connectivity index is 1.25. The smallest absolute Gasteiger partial charge is 0.242 e. The Morgan fingerprint density at radius 1 is 0.892 bits per heavy atom. The zero-order valence-corrected chi connectivity index (χ0v) is 22.5. The van der Waals surface area contributed by atoms with E-state index in [0.29, 0.717) is 5.92 Å². The molecule has 3 aromatic rings. The lowest BCUT2D eigenvalue weighted by Gasteiger charge is -2.33. The molecule has 0 bridgehead atoms. The summed E-state index contributed by atoms with van der Waals surface area (Å²) in [5, 5.41) is 3.18. The predicted octanol–water partition coefficient (Wildman–Crippen LogP) is 4.28. The fourth-order valence-electron chi connectivity index (χ4n) is 4.96. The Labute approximate surface area is 221 Å². The first-order valence-corrected chi connectivity index (χ1v) is 14.4. The van der Waals surface area contributed by atoms with Crippen LogP contribution in [0.2, 0.25) is 0 Å². The van der Waals surface area contributed by atoms with Crippen LogP contribution in [0, 0.1) is 0 Å². The summed E-state index contributed by atoms with van der Waals surface area (Å²) in [4.78, 5) is 15.4. The van der Waals surface area contributed by atoms with Crippen molar-refractivity contribution in [1.82, 2.24) is 14.5 Å². The summed E-state index contributed by atoms with van der Waals surface area (Å²) >= 11 is 0. The van der Waals surface area contributed by atoms with Crippen molar-refractivity contribution in [3.63, 3.8) is 0 Å². The predicted molar refractivity (Wildman–Crippen MR) is 148 cm³/mol. The average molecular weight is 520 g/mol. The maximum atomic E-state index is 12.6. The van der Waals surface area contributed by atoms with Gasteiger partial charge in [-0.3, -0.25) is 4.79 Å². The average Bonchev–Trinajstić information content (AvgIpc) is 2.91. The first-order valence-electron chi connectivity index (χ1n) is 13.0. The molecule has 0 radical (unpaired) electrons. The van der Waals surface area contributed by atoms with Crippen LogP contribution in [-0.4, -0.2) is 63.3 Å². The maximum absolute atomic E-state index is 12.6. The Bertz CT molecular complexity index is 1200. The van der Waals surface area contributed by atoms with Crippen molar-refractivity contribution in [3.8, 4) is 0 Å². The second kappa shape index (κ2) is 12.5. The van der Waals surface area contributed by atoms with Gasteiger partial charge in [0.2, 0.25) is 15.9 Å². The van der Waals surface area contributed by atoms with E-state index in [0.717, 1.165) is 44.5 Å². The molecule has 3 aromatic carbocycles. The minimum absolute atomic E-state index is 0.0186. The molecular weight excluding hydrogens is 482 g/mol. The molecule has 37 heavy (non-hydrogen) atoms. The number of sulfonamides is 1. The van der Waals surface area contributed by atoms with Gasteiger partial charge >= 0.3 is 0 Å². The van der Waals surface area contributed by atoms with Crippen molar-refractivity contribution < 1.29 is 13.2 Å². The molecule has 196 valence electrons. The Morgan fingerprint density at radius 3 is 1.95 bits per heavy atom. The fourth-order valence-corrected chi connectivity index (χ4v) is 5.86. The number of likely N-dealkylation sites (tertiary alicyclic amines) is 1. The molecule has 0 atom stereocenters. The highest BCUT2D eigenvalue weighted by Gasteiger charge is 2.23. The number of piperidine rings is 1. The van der Waals surface area contributed by atoms with E-state index in [1.807, 2.05) is 0 Å². The molecule has 7 heteroatoms. The van der Waals surface area contributed by atoms with Crippen molar-refractivity contribution in [2.45, 2.75) is 42.5 Å². The van der Waals surface area contributed by atoms with Gasteiger partial charge in [-0.05, 0) is 54.6 Å². The van der Waals surface area contributed by atoms with Gasteiger partial charge in [-0.25, -0.2) is 12.7 Å². The summed E-state index contributed by atoms with van der Waals surface area (Å²) < 4.78 is 25.6. The van der Waals surface area contributed by atoms with Crippen LogP contribution < -0.4 is 5.32 Å². The number of hydrogen-bond donors (Lipinski definition) is 1. The van der Waals surface area contributed by atoms with E-state index in [-0.39, 0.29) is 23.3 Å². The number of carbonyl (C=O) groups is 1. The van der Waals surface area contributed by atoms with E-state index in [2.05, 4.69) is 70.9 Å². The van der Waals surface area contributed by atoms with E-state index < -0.39 is 10.0 Å². The van der Waals surface area contributed by atoms with Crippen LogP contribution in [0.4, 0.5) is 0 Å². The van der Waals surface area contributed by atoms with Crippen molar-refractivity contribution in [2.24, 2.45) is 0 Å². The van der Waals surface area contributed by atoms with Gasteiger partial charge in [0.1, 0.15) is 0 Å². The highest BCUT2D eigenvalue weighted by molar-refractivity contribution is 7.89. The first kappa shape index (κ1) is 27.0. The summed E-state index contributed by atoms with van der Waals surface area (Å²) in [7, 11) is -0.450. The molecule has 1 heterocycles. The fraction of sp³-hybridized carbons (Fsp3) is 0.367. The highest BCUT2D eigenvalue weighted by Crippen LogP contribution is 2.28. The van der Waals surface area contributed by atoms with Gasteiger partial charge in [0.05, 0.1) is 11.3 Å². The zero-order chi connectivity index (χ0) is 26.3. The third-order valence-electron chi connectivity index (χ3n) is 7.16. The third kappa shape index (κ3) is 7.28. The molecule has 1 aliphatic heterocycles. The minimum Gasteiger partial charge on any atom is -0.353 e. The molecule has 0 aromatic heterocycles. The van der Waals surface area contributed by atoms with E-state index in [1.54, 1.807) is 24.3 Å². The van der Waals surface area contributed by atoms with E-state index in [9.17, 15) is 13.2 Å². The lowest BCUT2D eigenvalue weighted by molar-refractivity contribution is -0.121.